The summed E-state index contributed by atoms with van der Waals surface area (Å²) >= 11 is 0. The number of benzene rings is 1. The van der Waals surface area contributed by atoms with Gasteiger partial charge in [-0.15, -0.1) is 0 Å². The van der Waals surface area contributed by atoms with Gasteiger partial charge in [0.15, 0.2) is 0 Å². The second-order valence-electron chi connectivity index (χ2n) is 6.38. The molecule has 3 rings (SSSR count). The molecule has 5 nitrogen and oxygen atoms in total. The Morgan fingerprint density at radius 2 is 2.29 bits per heavy atom. The summed E-state index contributed by atoms with van der Waals surface area (Å²) in [6.07, 6.45) is 4.03. The third kappa shape index (κ3) is 3.64. The van der Waals surface area contributed by atoms with Crippen molar-refractivity contribution >= 4 is 5.91 Å². The van der Waals surface area contributed by atoms with Gasteiger partial charge in [-0.3, -0.25) is 9.48 Å². The van der Waals surface area contributed by atoms with Crippen molar-refractivity contribution in [1.82, 2.24) is 20.4 Å². The zero-order chi connectivity index (χ0) is 17.1. The van der Waals surface area contributed by atoms with Crippen LogP contribution in [0.2, 0.25) is 0 Å². The summed E-state index contributed by atoms with van der Waals surface area (Å²) in [5, 5.41) is 10.6. The van der Waals surface area contributed by atoms with Crippen molar-refractivity contribution in [3.63, 3.8) is 0 Å². The van der Waals surface area contributed by atoms with Crippen LogP contribution in [-0.2, 0) is 0 Å². The van der Waals surface area contributed by atoms with Gasteiger partial charge in [0.05, 0.1) is 12.1 Å². The van der Waals surface area contributed by atoms with Crippen molar-refractivity contribution in [3.05, 3.63) is 53.1 Å². The van der Waals surface area contributed by atoms with Crippen LogP contribution in [0, 0.1) is 12.7 Å². The molecular formula is C18H23FN4O. The van der Waals surface area contributed by atoms with Crippen LogP contribution in [0.5, 0.6) is 0 Å². The lowest BCUT2D eigenvalue weighted by atomic mass is 10.1. The van der Waals surface area contributed by atoms with E-state index in [1.807, 2.05) is 23.9 Å². The smallest absolute Gasteiger partial charge is 0.272 e. The van der Waals surface area contributed by atoms with Crippen molar-refractivity contribution in [2.45, 2.75) is 38.8 Å². The van der Waals surface area contributed by atoms with Crippen LogP contribution in [0.25, 0.3) is 0 Å². The highest BCUT2D eigenvalue weighted by Crippen LogP contribution is 2.18. The normalized spacial score (nSPS) is 19.0. The fraction of sp³-hybridized carbons (Fsp3) is 0.444. The third-order valence-corrected chi connectivity index (χ3v) is 4.53. The van der Waals surface area contributed by atoms with E-state index in [4.69, 9.17) is 0 Å². The maximum absolute atomic E-state index is 13.7. The maximum atomic E-state index is 13.7. The van der Waals surface area contributed by atoms with Crippen LogP contribution in [0.1, 0.15) is 53.5 Å². The van der Waals surface area contributed by atoms with Crippen molar-refractivity contribution < 1.29 is 9.18 Å². The van der Waals surface area contributed by atoms with E-state index in [-0.39, 0.29) is 17.8 Å². The standard InChI is InChI=1S/C18H23FN4O/c1-12-5-6-14(10-16(12)19)13(2)21-18(24)17-7-9-23(22-17)15-4-3-8-20-11-15/h5-7,9-10,13,15,20H,3-4,8,11H2,1-2H3,(H,21,24). The number of nitrogens with one attached hydrogen (secondary N) is 2. The number of piperidine rings is 1. The Morgan fingerprint density at radius 1 is 1.46 bits per heavy atom. The highest BCUT2D eigenvalue weighted by atomic mass is 19.1. The highest BCUT2D eigenvalue weighted by molar-refractivity contribution is 5.92. The fourth-order valence-electron chi connectivity index (χ4n) is 2.95. The highest BCUT2D eigenvalue weighted by Gasteiger charge is 2.19. The first-order valence-electron chi connectivity index (χ1n) is 8.37. The minimum Gasteiger partial charge on any atom is -0.344 e. The Hall–Kier alpha value is -2.21. The largest absolute Gasteiger partial charge is 0.344 e. The van der Waals surface area contributed by atoms with Gasteiger partial charge in [0.2, 0.25) is 0 Å². The lowest BCUT2D eigenvalue weighted by molar-refractivity contribution is 0.0933. The first-order chi connectivity index (χ1) is 11.5. The van der Waals surface area contributed by atoms with Gasteiger partial charge in [0.1, 0.15) is 11.5 Å². The molecule has 0 bridgehead atoms. The number of halogens is 1. The first-order valence-corrected chi connectivity index (χ1v) is 8.37. The second kappa shape index (κ2) is 7.13. The molecular weight excluding hydrogens is 307 g/mol. The number of hydrogen-bond donors (Lipinski definition) is 2. The number of aromatic nitrogens is 2. The molecule has 1 aromatic carbocycles. The van der Waals surface area contributed by atoms with Crippen molar-refractivity contribution in [2.24, 2.45) is 0 Å². The molecule has 0 spiro atoms. The number of carbonyl (C=O) groups excluding carboxylic acids is 1. The summed E-state index contributed by atoms with van der Waals surface area (Å²) in [5.74, 6) is -0.506. The minimum absolute atomic E-state index is 0.244. The number of rotatable bonds is 4. The molecule has 2 unspecified atom stereocenters. The molecule has 0 radical (unpaired) electrons. The number of hydrogen-bond acceptors (Lipinski definition) is 3. The van der Waals surface area contributed by atoms with Gasteiger partial charge in [0, 0.05) is 12.7 Å². The molecule has 1 aliphatic heterocycles. The summed E-state index contributed by atoms with van der Waals surface area (Å²) in [7, 11) is 0. The summed E-state index contributed by atoms with van der Waals surface area (Å²) in [5.41, 5.74) is 1.72. The van der Waals surface area contributed by atoms with Gasteiger partial charge in [-0.1, -0.05) is 12.1 Å². The van der Waals surface area contributed by atoms with E-state index < -0.39 is 0 Å². The average molecular weight is 330 g/mol. The van der Waals surface area contributed by atoms with Crippen molar-refractivity contribution in [2.75, 3.05) is 13.1 Å². The predicted molar refractivity (Wildman–Crippen MR) is 90.4 cm³/mol. The quantitative estimate of drug-likeness (QED) is 0.906. The van der Waals surface area contributed by atoms with Gasteiger partial charge in [-0.05, 0) is 56.5 Å². The first kappa shape index (κ1) is 16.6. The van der Waals surface area contributed by atoms with Gasteiger partial charge in [-0.25, -0.2) is 4.39 Å². The predicted octanol–water partition coefficient (Wildman–Crippen LogP) is 2.75. The fourth-order valence-corrected chi connectivity index (χ4v) is 2.95. The molecule has 2 heterocycles. The molecule has 1 amide bonds. The molecule has 1 saturated heterocycles. The third-order valence-electron chi connectivity index (χ3n) is 4.53. The minimum atomic E-state index is -0.283. The molecule has 1 fully saturated rings. The van der Waals surface area contributed by atoms with E-state index in [0.29, 0.717) is 17.3 Å². The molecule has 2 atom stereocenters. The Bertz CT molecular complexity index is 722. The Labute approximate surface area is 141 Å². The second-order valence-corrected chi connectivity index (χ2v) is 6.38. The van der Waals surface area contributed by atoms with Gasteiger partial charge < -0.3 is 10.6 Å². The number of amides is 1. The lowest BCUT2D eigenvalue weighted by Gasteiger charge is -2.22. The Kier molecular flexibility index (Phi) is 4.94. The van der Waals surface area contributed by atoms with Crippen LogP contribution in [-0.4, -0.2) is 28.8 Å². The number of carbonyl (C=O) groups is 1. The molecule has 24 heavy (non-hydrogen) atoms. The Morgan fingerprint density at radius 3 is 3.00 bits per heavy atom. The zero-order valence-electron chi connectivity index (χ0n) is 14.1. The molecule has 1 aliphatic rings. The molecule has 0 saturated carbocycles. The zero-order valence-corrected chi connectivity index (χ0v) is 14.1. The topological polar surface area (TPSA) is 59.0 Å². The van der Waals surface area contributed by atoms with Crippen LogP contribution >= 0.6 is 0 Å². The van der Waals surface area contributed by atoms with E-state index in [1.54, 1.807) is 19.1 Å². The molecule has 128 valence electrons. The van der Waals surface area contributed by atoms with Crippen LogP contribution < -0.4 is 10.6 Å². The summed E-state index contributed by atoms with van der Waals surface area (Å²) in [6, 6.07) is 6.75. The molecule has 1 aromatic heterocycles. The SMILES string of the molecule is Cc1ccc(C(C)NC(=O)c2ccn(C3CCCNC3)n2)cc1F. The van der Waals surface area contributed by atoms with Crippen molar-refractivity contribution in [1.29, 1.82) is 0 Å². The van der Waals surface area contributed by atoms with Crippen molar-refractivity contribution in [3.8, 4) is 0 Å². The molecule has 2 N–H and O–H groups in total. The van der Waals surface area contributed by atoms with Gasteiger partial charge in [0.25, 0.3) is 5.91 Å². The maximum Gasteiger partial charge on any atom is 0.272 e. The van der Waals surface area contributed by atoms with Crippen LogP contribution in [0.15, 0.2) is 30.5 Å². The van der Waals surface area contributed by atoms with E-state index in [9.17, 15) is 9.18 Å². The summed E-state index contributed by atoms with van der Waals surface area (Å²) < 4.78 is 15.5. The van der Waals surface area contributed by atoms with E-state index in [1.165, 1.54) is 6.07 Å². The van der Waals surface area contributed by atoms with E-state index in [2.05, 4.69) is 15.7 Å². The molecule has 6 heteroatoms. The monoisotopic (exact) mass is 330 g/mol. The van der Waals surface area contributed by atoms with E-state index in [0.717, 1.165) is 31.5 Å². The average Bonchev–Trinajstić information content (AvgIpc) is 3.08. The van der Waals surface area contributed by atoms with Gasteiger partial charge in [-0.2, -0.15) is 5.10 Å². The number of aryl methyl sites for hydroxylation is 1. The van der Waals surface area contributed by atoms with Gasteiger partial charge >= 0.3 is 0 Å². The summed E-state index contributed by atoms with van der Waals surface area (Å²) in [6.45, 7) is 5.47. The molecule has 2 aromatic rings. The summed E-state index contributed by atoms with van der Waals surface area (Å²) in [4.78, 5) is 12.4. The Balaban J connectivity index is 1.66. The van der Waals surface area contributed by atoms with Crippen LogP contribution in [0.3, 0.4) is 0 Å². The number of nitrogens with zero attached hydrogens (tertiary/aromatic N) is 2. The van der Waals surface area contributed by atoms with E-state index >= 15 is 0 Å². The lowest BCUT2D eigenvalue weighted by Crippen LogP contribution is -2.32. The molecule has 0 aliphatic carbocycles. The van der Waals surface area contributed by atoms with Crippen LogP contribution in [0.4, 0.5) is 4.39 Å².